The Balaban J connectivity index is 2.78. The van der Waals surface area contributed by atoms with Gasteiger partial charge in [0.2, 0.25) is 0 Å². The summed E-state index contributed by atoms with van der Waals surface area (Å²) in [7, 11) is 0. The van der Waals surface area contributed by atoms with E-state index in [1.165, 1.54) is 0 Å². The van der Waals surface area contributed by atoms with Crippen LogP contribution in [0.25, 0.3) is 0 Å². The summed E-state index contributed by atoms with van der Waals surface area (Å²) in [6, 6.07) is 5.11. The molecular formula is C17H25N3O2. The highest BCUT2D eigenvalue weighted by atomic mass is 16.5. The van der Waals surface area contributed by atoms with Crippen molar-refractivity contribution in [2.75, 3.05) is 18.4 Å². The molecule has 0 atom stereocenters. The average Bonchev–Trinajstić information content (AvgIpc) is 2.51. The number of carbonyl (C=O) groups excluding carboxylic acids is 1. The fourth-order valence-electron chi connectivity index (χ4n) is 2.06. The molecule has 0 heterocycles. The lowest BCUT2D eigenvalue weighted by molar-refractivity contribution is 0.210. The summed E-state index contributed by atoms with van der Waals surface area (Å²) in [6.45, 7) is 7.66. The van der Waals surface area contributed by atoms with Gasteiger partial charge in [-0.25, -0.2) is 4.79 Å². The van der Waals surface area contributed by atoms with Gasteiger partial charge in [-0.1, -0.05) is 32.8 Å². The smallest absolute Gasteiger partial charge is 0.321 e. The number of urea groups is 1. The minimum absolute atomic E-state index is 0.0980. The van der Waals surface area contributed by atoms with Crippen molar-refractivity contribution in [1.29, 1.82) is 5.26 Å². The zero-order chi connectivity index (χ0) is 16.4. The van der Waals surface area contributed by atoms with Gasteiger partial charge in [-0.05, 0) is 31.4 Å². The molecule has 0 fully saturated rings. The molecule has 0 aliphatic rings. The molecule has 0 aromatic heterocycles. The first-order valence-electron chi connectivity index (χ1n) is 7.84. The topological polar surface area (TPSA) is 65.4 Å². The lowest BCUT2D eigenvalue weighted by Gasteiger charge is -2.23. The van der Waals surface area contributed by atoms with Gasteiger partial charge in [0, 0.05) is 24.8 Å². The Hall–Kier alpha value is -2.22. The summed E-state index contributed by atoms with van der Waals surface area (Å²) in [4.78, 5) is 14.3. The number of unbranched alkanes of at least 4 members (excludes halogenated alkanes) is 2. The van der Waals surface area contributed by atoms with Crippen LogP contribution in [0.4, 0.5) is 10.5 Å². The Morgan fingerprint density at radius 3 is 2.45 bits per heavy atom. The third kappa shape index (κ3) is 5.65. The highest BCUT2D eigenvalue weighted by Gasteiger charge is 2.14. The van der Waals surface area contributed by atoms with Gasteiger partial charge in [0.15, 0.2) is 0 Å². The molecule has 1 N–H and O–H groups in total. The summed E-state index contributed by atoms with van der Waals surface area (Å²) in [5.41, 5.74) is 1.61. The van der Waals surface area contributed by atoms with Gasteiger partial charge in [-0.3, -0.25) is 0 Å². The zero-order valence-corrected chi connectivity index (χ0v) is 13.7. The standard InChI is InChI=1S/C17H25N3O2/c1-4-6-10-20(11-7-5-2)17(21)19-16-12-15(22-13-18)9-8-14(16)3/h8-9,12H,4-7,10-11H2,1-3H3,(H,19,21). The molecule has 5 heteroatoms. The molecule has 22 heavy (non-hydrogen) atoms. The van der Waals surface area contributed by atoms with E-state index in [0.717, 1.165) is 44.3 Å². The number of nitriles is 1. The van der Waals surface area contributed by atoms with Crippen LogP contribution >= 0.6 is 0 Å². The van der Waals surface area contributed by atoms with Gasteiger partial charge in [0.25, 0.3) is 6.26 Å². The number of nitrogens with one attached hydrogen (secondary N) is 1. The van der Waals surface area contributed by atoms with Crippen LogP contribution in [0.5, 0.6) is 5.75 Å². The van der Waals surface area contributed by atoms with Gasteiger partial charge in [0.05, 0.1) is 0 Å². The van der Waals surface area contributed by atoms with Crippen LogP contribution in [0, 0.1) is 18.4 Å². The van der Waals surface area contributed by atoms with Crippen molar-refractivity contribution in [2.45, 2.75) is 46.5 Å². The van der Waals surface area contributed by atoms with Crippen molar-refractivity contribution in [3.63, 3.8) is 0 Å². The van der Waals surface area contributed by atoms with E-state index in [1.807, 2.05) is 17.9 Å². The second-order valence-corrected chi connectivity index (χ2v) is 5.29. The van der Waals surface area contributed by atoms with Crippen LogP contribution in [0.15, 0.2) is 18.2 Å². The molecular weight excluding hydrogens is 278 g/mol. The summed E-state index contributed by atoms with van der Waals surface area (Å²) in [5.74, 6) is 0.428. The Morgan fingerprint density at radius 1 is 1.27 bits per heavy atom. The molecule has 1 aromatic rings. The SMILES string of the molecule is CCCCN(CCCC)C(=O)Nc1cc(OC#N)ccc1C. The lowest BCUT2D eigenvalue weighted by atomic mass is 10.2. The molecule has 0 aliphatic carbocycles. The van der Waals surface area contributed by atoms with E-state index in [9.17, 15) is 4.79 Å². The first kappa shape index (κ1) is 17.8. The molecule has 5 nitrogen and oxygen atoms in total. The van der Waals surface area contributed by atoms with E-state index in [4.69, 9.17) is 10.00 Å². The van der Waals surface area contributed by atoms with E-state index >= 15 is 0 Å². The number of aryl methyl sites for hydroxylation is 1. The monoisotopic (exact) mass is 303 g/mol. The summed E-state index contributed by atoms with van der Waals surface area (Å²) < 4.78 is 4.81. The lowest BCUT2D eigenvalue weighted by Crippen LogP contribution is -2.36. The van der Waals surface area contributed by atoms with Gasteiger partial charge in [-0.2, -0.15) is 0 Å². The molecule has 0 saturated carbocycles. The van der Waals surface area contributed by atoms with E-state index in [-0.39, 0.29) is 6.03 Å². The third-order valence-corrected chi connectivity index (χ3v) is 3.46. The van der Waals surface area contributed by atoms with Crippen molar-refractivity contribution in [3.8, 4) is 12.0 Å². The predicted octanol–water partition coefficient (Wildman–Crippen LogP) is 4.29. The molecule has 2 amide bonds. The fourth-order valence-corrected chi connectivity index (χ4v) is 2.06. The number of benzene rings is 1. The quantitative estimate of drug-likeness (QED) is 0.729. The minimum Gasteiger partial charge on any atom is -0.388 e. The highest BCUT2D eigenvalue weighted by molar-refractivity contribution is 5.90. The maximum atomic E-state index is 12.5. The Labute approximate surface area is 132 Å². The Bertz CT molecular complexity index is 515. The van der Waals surface area contributed by atoms with Crippen molar-refractivity contribution < 1.29 is 9.53 Å². The molecule has 0 aliphatic heterocycles. The summed E-state index contributed by atoms with van der Waals surface area (Å²) >= 11 is 0. The molecule has 0 unspecified atom stereocenters. The molecule has 0 spiro atoms. The first-order chi connectivity index (χ1) is 10.6. The second-order valence-electron chi connectivity index (χ2n) is 5.29. The molecule has 0 bridgehead atoms. The number of rotatable bonds is 8. The highest BCUT2D eigenvalue weighted by Crippen LogP contribution is 2.22. The molecule has 0 saturated heterocycles. The molecule has 1 rings (SSSR count). The van der Waals surface area contributed by atoms with Gasteiger partial charge in [-0.15, -0.1) is 5.26 Å². The largest absolute Gasteiger partial charge is 0.388 e. The normalized spacial score (nSPS) is 9.91. The van der Waals surface area contributed by atoms with Gasteiger partial charge < -0.3 is 15.0 Å². The number of hydrogen-bond acceptors (Lipinski definition) is 3. The maximum absolute atomic E-state index is 12.5. The van der Waals surface area contributed by atoms with Crippen molar-refractivity contribution in [2.24, 2.45) is 0 Å². The van der Waals surface area contributed by atoms with Crippen LogP contribution in [0.3, 0.4) is 0 Å². The first-order valence-corrected chi connectivity index (χ1v) is 7.84. The van der Waals surface area contributed by atoms with Gasteiger partial charge in [0.1, 0.15) is 5.75 Å². The fraction of sp³-hybridized carbons (Fsp3) is 0.529. The van der Waals surface area contributed by atoms with Crippen LogP contribution in [0.1, 0.15) is 45.1 Å². The molecule has 0 radical (unpaired) electrons. The Morgan fingerprint density at radius 2 is 1.91 bits per heavy atom. The number of amides is 2. The van der Waals surface area contributed by atoms with Gasteiger partial charge >= 0.3 is 6.03 Å². The number of ether oxygens (including phenoxy) is 1. The average molecular weight is 303 g/mol. The van der Waals surface area contributed by atoms with E-state index in [0.29, 0.717) is 11.4 Å². The summed E-state index contributed by atoms with van der Waals surface area (Å²) in [6.07, 6.45) is 5.74. The van der Waals surface area contributed by atoms with Crippen molar-refractivity contribution in [1.82, 2.24) is 4.90 Å². The predicted molar refractivity (Wildman–Crippen MR) is 87.8 cm³/mol. The summed E-state index contributed by atoms with van der Waals surface area (Å²) in [5, 5.41) is 11.5. The number of carbonyl (C=O) groups is 1. The number of anilines is 1. The second kappa shape index (κ2) is 9.67. The van der Waals surface area contributed by atoms with E-state index in [1.54, 1.807) is 18.4 Å². The van der Waals surface area contributed by atoms with Crippen LogP contribution < -0.4 is 10.1 Å². The minimum atomic E-state index is -0.0980. The number of nitrogens with zero attached hydrogens (tertiary/aromatic N) is 2. The Kier molecular flexibility index (Phi) is 7.84. The van der Waals surface area contributed by atoms with Crippen molar-refractivity contribution in [3.05, 3.63) is 23.8 Å². The van der Waals surface area contributed by atoms with Crippen LogP contribution in [-0.4, -0.2) is 24.0 Å². The zero-order valence-electron chi connectivity index (χ0n) is 13.7. The third-order valence-electron chi connectivity index (χ3n) is 3.46. The van der Waals surface area contributed by atoms with E-state index < -0.39 is 0 Å². The van der Waals surface area contributed by atoms with Crippen LogP contribution in [-0.2, 0) is 0 Å². The molecule has 1 aromatic carbocycles. The number of hydrogen-bond donors (Lipinski definition) is 1. The van der Waals surface area contributed by atoms with Crippen molar-refractivity contribution >= 4 is 11.7 Å². The maximum Gasteiger partial charge on any atom is 0.321 e. The molecule has 120 valence electrons. The van der Waals surface area contributed by atoms with E-state index in [2.05, 4.69) is 19.2 Å². The van der Waals surface area contributed by atoms with Crippen LogP contribution in [0.2, 0.25) is 0 Å².